The van der Waals surface area contributed by atoms with Crippen LogP contribution in [0.5, 0.6) is 5.75 Å². The maximum Gasteiger partial charge on any atom is 0.433 e. The molecule has 3 aromatic heterocycles. The molecule has 0 saturated carbocycles. The van der Waals surface area contributed by atoms with Gasteiger partial charge in [0, 0.05) is 18.0 Å². The van der Waals surface area contributed by atoms with E-state index in [1.54, 1.807) is 12.3 Å². The molecule has 0 spiro atoms. The van der Waals surface area contributed by atoms with Gasteiger partial charge >= 0.3 is 11.9 Å². The molecule has 138 valence electrons. The maximum atomic E-state index is 12.1. The van der Waals surface area contributed by atoms with E-state index >= 15 is 0 Å². The van der Waals surface area contributed by atoms with Gasteiger partial charge in [-0.2, -0.15) is 0 Å². The van der Waals surface area contributed by atoms with Crippen LogP contribution in [0, 0.1) is 17.0 Å². The molecule has 0 N–H and O–H groups in total. The number of esters is 1. The molecule has 0 aliphatic rings. The summed E-state index contributed by atoms with van der Waals surface area (Å²) >= 11 is 1.28. The Kier molecular flexibility index (Phi) is 5.31. The fourth-order valence-electron chi connectivity index (χ4n) is 1.91. The Morgan fingerprint density at radius 1 is 1.37 bits per heavy atom. The Labute approximate surface area is 155 Å². The van der Waals surface area contributed by atoms with Gasteiger partial charge in [-0.15, -0.1) is 0 Å². The van der Waals surface area contributed by atoms with E-state index in [0.29, 0.717) is 16.7 Å². The second-order valence-corrected chi connectivity index (χ2v) is 6.07. The Bertz CT molecular complexity index is 1060. The molecule has 0 radical (unpaired) electrons. The van der Waals surface area contributed by atoms with E-state index in [1.165, 1.54) is 17.8 Å². The number of aromatic nitrogens is 2. The van der Waals surface area contributed by atoms with Crippen molar-refractivity contribution in [1.29, 1.82) is 0 Å². The normalized spacial score (nSPS) is 10.6. The third kappa shape index (κ3) is 4.58. The number of rotatable bonds is 6. The van der Waals surface area contributed by atoms with Crippen molar-refractivity contribution >= 4 is 23.6 Å². The molecule has 0 aromatic carbocycles. The monoisotopic (exact) mass is 389 g/mol. The second-order valence-electron chi connectivity index (χ2n) is 5.13. The number of carbonyl (C=O) groups excluding carboxylic acids is 1. The summed E-state index contributed by atoms with van der Waals surface area (Å²) in [7, 11) is 0. The average Bonchev–Trinajstić information content (AvgIpc) is 3.13. The molecule has 0 atom stereocenters. The highest BCUT2D eigenvalue weighted by molar-refractivity contribution is 7.98. The van der Waals surface area contributed by atoms with Crippen molar-refractivity contribution in [3.05, 3.63) is 74.3 Å². The molecule has 0 fully saturated rings. The van der Waals surface area contributed by atoms with Crippen LogP contribution < -0.4 is 10.2 Å². The molecule has 0 unspecified atom stereocenters. The number of hydrogen-bond donors (Lipinski definition) is 0. The van der Waals surface area contributed by atoms with Crippen molar-refractivity contribution in [1.82, 2.24) is 9.97 Å². The predicted octanol–water partition coefficient (Wildman–Crippen LogP) is 2.75. The number of aryl methyl sites for hydroxylation is 1. The van der Waals surface area contributed by atoms with E-state index < -0.39 is 28.0 Å². The lowest BCUT2D eigenvalue weighted by Crippen LogP contribution is -2.14. The number of nitrogens with zero attached hydrogens (tertiary/aromatic N) is 3. The molecule has 27 heavy (non-hydrogen) atoms. The van der Waals surface area contributed by atoms with Crippen molar-refractivity contribution in [2.24, 2.45) is 0 Å². The largest absolute Gasteiger partial charge is 0.464 e. The van der Waals surface area contributed by atoms with Crippen LogP contribution in [0.4, 0.5) is 5.88 Å². The highest BCUT2D eigenvalue weighted by atomic mass is 32.2. The molecule has 3 heterocycles. The second kappa shape index (κ2) is 7.83. The molecular formula is C16H11N3O7S. The van der Waals surface area contributed by atoms with E-state index in [9.17, 15) is 19.7 Å². The number of carbonyl (C=O) groups is 1. The van der Waals surface area contributed by atoms with E-state index in [1.807, 2.05) is 6.92 Å². The minimum Gasteiger partial charge on any atom is -0.464 e. The van der Waals surface area contributed by atoms with E-state index in [0.717, 1.165) is 24.1 Å². The summed E-state index contributed by atoms with van der Waals surface area (Å²) in [4.78, 5) is 42.0. The lowest BCUT2D eigenvalue weighted by molar-refractivity contribution is -0.402. The minimum atomic E-state index is -1.05. The molecule has 0 bridgehead atoms. The van der Waals surface area contributed by atoms with Crippen LogP contribution in [-0.2, 0) is 5.75 Å². The number of nitro groups is 1. The Balaban J connectivity index is 1.66. The topological polar surface area (TPSA) is 139 Å². The summed E-state index contributed by atoms with van der Waals surface area (Å²) in [5.74, 6) is -1.79. The number of ether oxygens (including phenoxy) is 1. The van der Waals surface area contributed by atoms with Gasteiger partial charge in [0.1, 0.15) is 16.9 Å². The lowest BCUT2D eigenvalue weighted by atomic mass is 10.4. The number of furan rings is 1. The van der Waals surface area contributed by atoms with Crippen molar-refractivity contribution < 1.29 is 23.3 Å². The standard InChI is InChI=1S/C16H11N3O7S/c1-9-4-5-17-16(18-9)27-8-10-6-11(20)13(7-24-10)26-15(21)12-2-3-14(25-12)19(22)23/h2-7H,8H2,1H3. The zero-order valence-electron chi connectivity index (χ0n) is 13.8. The first-order chi connectivity index (χ1) is 12.9. The van der Waals surface area contributed by atoms with Gasteiger partial charge in [0.2, 0.25) is 16.9 Å². The summed E-state index contributed by atoms with van der Waals surface area (Å²) in [5.41, 5.74) is 0.228. The zero-order valence-corrected chi connectivity index (χ0v) is 14.6. The summed E-state index contributed by atoms with van der Waals surface area (Å²) < 4.78 is 14.9. The molecule has 0 amide bonds. The molecule has 3 rings (SSSR count). The van der Waals surface area contributed by atoms with Crippen LogP contribution in [-0.4, -0.2) is 20.9 Å². The van der Waals surface area contributed by atoms with Crippen LogP contribution in [0.1, 0.15) is 22.0 Å². The Hall–Kier alpha value is -3.47. The van der Waals surface area contributed by atoms with Crippen LogP contribution in [0.2, 0.25) is 0 Å². The van der Waals surface area contributed by atoms with Gasteiger partial charge < -0.3 is 13.6 Å². The fraction of sp³-hybridized carbons (Fsp3) is 0.125. The van der Waals surface area contributed by atoms with Gasteiger partial charge in [0.15, 0.2) is 5.16 Å². The third-order valence-electron chi connectivity index (χ3n) is 3.14. The van der Waals surface area contributed by atoms with Crippen LogP contribution in [0.3, 0.4) is 0 Å². The first kappa shape index (κ1) is 18.3. The van der Waals surface area contributed by atoms with Crippen molar-refractivity contribution in [3.63, 3.8) is 0 Å². The molecule has 3 aromatic rings. The molecule has 0 saturated heterocycles. The summed E-state index contributed by atoms with van der Waals surface area (Å²) in [6.45, 7) is 1.84. The average molecular weight is 389 g/mol. The number of thioether (sulfide) groups is 1. The summed E-state index contributed by atoms with van der Waals surface area (Å²) in [6.07, 6.45) is 2.62. The van der Waals surface area contributed by atoms with Crippen molar-refractivity contribution in [2.75, 3.05) is 0 Å². The van der Waals surface area contributed by atoms with E-state index in [2.05, 4.69) is 9.97 Å². The highest BCUT2D eigenvalue weighted by Gasteiger charge is 2.20. The first-order valence-electron chi connectivity index (χ1n) is 7.43. The molecule has 10 nitrogen and oxygen atoms in total. The van der Waals surface area contributed by atoms with Crippen LogP contribution in [0.25, 0.3) is 0 Å². The van der Waals surface area contributed by atoms with E-state index in [-0.39, 0.29) is 5.75 Å². The van der Waals surface area contributed by atoms with Gasteiger partial charge in [-0.25, -0.2) is 14.8 Å². The predicted molar refractivity (Wildman–Crippen MR) is 91.6 cm³/mol. The van der Waals surface area contributed by atoms with Crippen molar-refractivity contribution in [3.8, 4) is 5.75 Å². The molecule has 0 aliphatic heterocycles. The lowest BCUT2D eigenvalue weighted by Gasteiger charge is -2.03. The van der Waals surface area contributed by atoms with Crippen molar-refractivity contribution in [2.45, 2.75) is 17.8 Å². The fourth-order valence-corrected chi connectivity index (χ4v) is 2.67. The van der Waals surface area contributed by atoms with Gasteiger partial charge in [-0.1, -0.05) is 11.8 Å². The molecule has 11 heteroatoms. The Morgan fingerprint density at radius 2 is 2.19 bits per heavy atom. The Morgan fingerprint density at radius 3 is 2.85 bits per heavy atom. The highest BCUT2D eigenvalue weighted by Crippen LogP contribution is 2.20. The first-order valence-corrected chi connectivity index (χ1v) is 8.41. The molecule has 0 aliphatic carbocycles. The molecular weight excluding hydrogens is 378 g/mol. The third-order valence-corrected chi connectivity index (χ3v) is 4.03. The van der Waals surface area contributed by atoms with Gasteiger partial charge in [0.05, 0.1) is 11.8 Å². The van der Waals surface area contributed by atoms with Gasteiger partial charge in [-0.3, -0.25) is 14.9 Å². The zero-order chi connectivity index (χ0) is 19.4. The van der Waals surface area contributed by atoms with Gasteiger partial charge in [0.25, 0.3) is 0 Å². The van der Waals surface area contributed by atoms with Crippen LogP contribution in [0.15, 0.2) is 55.5 Å². The smallest absolute Gasteiger partial charge is 0.433 e. The maximum absolute atomic E-state index is 12.1. The SMILES string of the molecule is Cc1ccnc(SCc2cc(=O)c(OC(=O)c3ccc([N+](=O)[O-])o3)co2)n1. The quantitative estimate of drug-likeness (QED) is 0.203. The number of hydrogen-bond acceptors (Lipinski definition) is 10. The minimum absolute atomic E-state index is 0.303. The summed E-state index contributed by atoms with van der Waals surface area (Å²) in [5, 5.41) is 11.1. The van der Waals surface area contributed by atoms with Crippen LogP contribution >= 0.6 is 11.8 Å². The van der Waals surface area contributed by atoms with E-state index in [4.69, 9.17) is 13.6 Å². The summed E-state index contributed by atoms with van der Waals surface area (Å²) in [6, 6.07) is 5.03. The van der Waals surface area contributed by atoms with Gasteiger partial charge in [-0.05, 0) is 19.1 Å².